The molecule has 7 rings (SSSR count). The molecule has 0 aliphatic heterocycles. The fourth-order valence-corrected chi connectivity index (χ4v) is 5.96. The lowest BCUT2D eigenvalue weighted by Gasteiger charge is -2.19. The van der Waals surface area contributed by atoms with Crippen LogP contribution >= 0.6 is 0 Å². The van der Waals surface area contributed by atoms with Gasteiger partial charge in [0.25, 0.3) is 0 Å². The van der Waals surface area contributed by atoms with E-state index in [0.29, 0.717) is 0 Å². The molecule has 0 bridgehead atoms. The second-order valence-corrected chi connectivity index (χ2v) is 9.87. The van der Waals surface area contributed by atoms with E-state index in [9.17, 15) is 0 Å². The molecule has 0 atom stereocenters. The zero-order valence-corrected chi connectivity index (χ0v) is 20.1. The highest BCUT2D eigenvalue weighted by atomic mass is 14.2. The smallest absolute Gasteiger partial charge is 0.00135 e. The van der Waals surface area contributed by atoms with Gasteiger partial charge in [-0.2, -0.15) is 0 Å². The van der Waals surface area contributed by atoms with Crippen molar-refractivity contribution >= 4 is 21.5 Å². The molecule has 0 spiro atoms. The molecule has 168 valence electrons. The summed E-state index contributed by atoms with van der Waals surface area (Å²) < 4.78 is 0. The Bertz CT molecular complexity index is 1440. The van der Waals surface area contributed by atoms with Crippen LogP contribution in [0.5, 0.6) is 0 Å². The molecular formula is C34H32. The second-order valence-electron chi connectivity index (χ2n) is 9.87. The monoisotopic (exact) mass is 440 g/mol. The largest absolute Gasteiger partial charge is 0.0651 e. The van der Waals surface area contributed by atoms with E-state index in [1.165, 1.54) is 87.9 Å². The van der Waals surface area contributed by atoms with Crippen LogP contribution in [0.3, 0.4) is 0 Å². The highest BCUT2D eigenvalue weighted by Gasteiger charge is 2.16. The van der Waals surface area contributed by atoms with Crippen LogP contribution in [0.4, 0.5) is 0 Å². The maximum absolute atomic E-state index is 2.41. The van der Waals surface area contributed by atoms with Gasteiger partial charge in [-0.15, -0.1) is 0 Å². The Kier molecular flexibility index (Phi) is 5.67. The Labute approximate surface area is 203 Å². The molecule has 0 N–H and O–H groups in total. The van der Waals surface area contributed by atoms with Gasteiger partial charge in [-0.3, -0.25) is 0 Å². The lowest BCUT2D eigenvalue weighted by Crippen LogP contribution is -2.03. The first-order valence-corrected chi connectivity index (χ1v) is 12.9. The highest BCUT2D eigenvalue weighted by Crippen LogP contribution is 2.36. The summed E-state index contributed by atoms with van der Waals surface area (Å²) >= 11 is 0. The van der Waals surface area contributed by atoms with Gasteiger partial charge < -0.3 is 0 Å². The number of hydrogen-bond donors (Lipinski definition) is 0. The van der Waals surface area contributed by atoms with Crippen LogP contribution in [0.25, 0.3) is 32.7 Å². The zero-order chi connectivity index (χ0) is 22.9. The van der Waals surface area contributed by atoms with Crippen molar-refractivity contribution in [2.24, 2.45) is 0 Å². The second kappa shape index (κ2) is 9.11. The first-order valence-electron chi connectivity index (χ1n) is 12.9. The third-order valence-electron chi connectivity index (χ3n) is 7.66. The first-order chi connectivity index (χ1) is 16.8. The fraction of sp³-hybridized carbons (Fsp3) is 0.235. The van der Waals surface area contributed by atoms with Crippen molar-refractivity contribution in [2.45, 2.75) is 51.9 Å². The van der Waals surface area contributed by atoms with Crippen LogP contribution in [0.15, 0.2) is 91.0 Å². The van der Waals surface area contributed by atoms with E-state index in [0.717, 1.165) is 6.42 Å². The summed E-state index contributed by atoms with van der Waals surface area (Å²) in [5, 5.41) is 5.75. The Balaban J connectivity index is 0.000000143. The Morgan fingerprint density at radius 2 is 1.26 bits per heavy atom. The van der Waals surface area contributed by atoms with Gasteiger partial charge in [0.05, 0.1) is 0 Å². The number of aryl methyl sites for hydroxylation is 3. The summed E-state index contributed by atoms with van der Waals surface area (Å²) in [6.07, 6.45) is 8.72. The maximum atomic E-state index is 2.41. The minimum Gasteiger partial charge on any atom is -0.0651 e. The number of hydrogen-bond acceptors (Lipinski definition) is 0. The van der Waals surface area contributed by atoms with Crippen LogP contribution in [0.2, 0.25) is 0 Å². The van der Waals surface area contributed by atoms with Crippen molar-refractivity contribution in [3.63, 3.8) is 0 Å². The molecule has 0 radical (unpaired) electrons. The summed E-state index contributed by atoms with van der Waals surface area (Å²) in [6, 6.07) is 33.7. The summed E-state index contributed by atoms with van der Waals surface area (Å²) in [5.74, 6) is 0. The van der Waals surface area contributed by atoms with Gasteiger partial charge in [-0.05, 0) is 99.0 Å². The molecule has 0 saturated carbocycles. The molecule has 0 fully saturated rings. The van der Waals surface area contributed by atoms with Gasteiger partial charge in [-0.25, -0.2) is 0 Å². The zero-order valence-electron chi connectivity index (χ0n) is 20.1. The molecule has 34 heavy (non-hydrogen) atoms. The summed E-state index contributed by atoms with van der Waals surface area (Å²) in [6.45, 7) is 2.25. The van der Waals surface area contributed by atoms with E-state index in [1.807, 2.05) is 0 Å². The van der Waals surface area contributed by atoms with Gasteiger partial charge in [-0.1, -0.05) is 104 Å². The van der Waals surface area contributed by atoms with E-state index in [1.54, 1.807) is 11.1 Å². The minimum atomic E-state index is 1.10. The molecule has 5 aromatic carbocycles. The third kappa shape index (κ3) is 3.82. The van der Waals surface area contributed by atoms with Gasteiger partial charge in [0.2, 0.25) is 0 Å². The Morgan fingerprint density at radius 1 is 0.588 bits per heavy atom. The summed E-state index contributed by atoms with van der Waals surface area (Å²) in [5.41, 5.74) is 10.4. The SMILES string of the molecule is CCCc1ccc2ccc3c4c(ccc3c2c1)CCCC4.c1ccc2c(c1)Cc1ccccc1-2. The van der Waals surface area contributed by atoms with E-state index < -0.39 is 0 Å². The van der Waals surface area contributed by atoms with Crippen LogP contribution in [-0.2, 0) is 25.7 Å². The van der Waals surface area contributed by atoms with Gasteiger partial charge in [0, 0.05) is 0 Å². The minimum absolute atomic E-state index is 1.10. The molecule has 2 aliphatic rings. The van der Waals surface area contributed by atoms with Crippen molar-refractivity contribution in [1.82, 2.24) is 0 Å². The molecular weight excluding hydrogens is 408 g/mol. The summed E-state index contributed by atoms with van der Waals surface area (Å²) in [4.78, 5) is 0. The molecule has 0 amide bonds. The first kappa shape index (κ1) is 21.2. The topological polar surface area (TPSA) is 0 Å². The lowest BCUT2D eigenvalue weighted by atomic mass is 9.86. The molecule has 0 nitrogen and oxygen atoms in total. The molecule has 0 saturated heterocycles. The van der Waals surface area contributed by atoms with Crippen LogP contribution < -0.4 is 0 Å². The van der Waals surface area contributed by atoms with E-state index in [4.69, 9.17) is 0 Å². The predicted molar refractivity (Wildman–Crippen MR) is 147 cm³/mol. The van der Waals surface area contributed by atoms with Crippen molar-refractivity contribution < 1.29 is 0 Å². The van der Waals surface area contributed by atoms with Crippen LogP contribution in [0, 0.1) is 0 Å². The van der Waals surface area contributed by atoms with E-state index in [2.05, 4.69) is 97.9 Å². The van der Waals surface area contributed by atoms with E-state index in [-0.39, 0.29) is 0 Å². The van der Waals surface area contributed by atoms with Crippen molar-refractivity contribution in [2.75, 3.05) is 0 Å². The number of benzene rings is 5. The molecule has 0 heterocycles. The Hall–Kier alpha value is -3.38. The quantitative estimate of drug-likeness (QED) is 0.236. The average molecular weight is 441 g/mol. The maximum Gasteiger partial charge on any atom is -0.00135 e. The number of fused-ring (bicyclic) bond motifs is 8. The molecule has 0 aromatic heterocycles. The molecule has 0 unspecified atom stereocenters. The molecule has 0 heteroatoms. The fourth-order valence-electron chi connectivity index (χ4n) is 5.96. The lowest BCUT2D eigenvalue weighted by molar-refractivity contribution is 0.690. The van der Waals surface area contributed by atoms with Gasteiger partial charge >= 0.3 is 0 Å². The van der Waals surface area contributed by atoms with Crippen molar-refractivity contribution in [3.8, 4) is 11.1 Å². The van der Waals surface area contributed by atoms with Crippen molar-refractivity contribution in [3.05, 3.63) is 119 Å². The Morgan fingerprint density at radius 3 is 2.03 bits per heavy atom. The standard InChI is InChI=1S/C21H22.C13H10/c1-2-5-15-8-9-17-11-12-19-18-7-4-3-6-16(18)10-13-20(19)21(17)14-15;1-3-7-12-10(5-1)9-11-6-2-4-8-13(11)12/h8-14H,2-7H2,1H3;1-8H,9H2. The van der Waals surface area contributed by atoms with Gasteiger partial charge in [0.1, 0.15) is 0 Å². The van der Waals surface area contributed by atoms with Crippen LogP contribution in [-0.4, -0.2) is 0 Å². The third-order valence-corrected chi connectivity index (χ3v) is 7.66. The highest BCUT2D eigenvalue weighted by molar-refractivity contribution is 6.09. The normalized spacial score (nSPS) is 13.7. The number of rotatable bonds is 2. The predicted octanol–water partition coefficient (Wildman–Crippen LogP) is 9.08. The van der Waals surface area contributed by atoms with Crippen LogP contribution in [0.1, 0.15) is 54.0 Å². The molecule has 5 aromatic rings. The average Bonchev–Trinajstić information content (AvgIpc) is 3.28. The van der Waals surface area contributed by atoms with Crippen molar-refractivity contribution in [1.29, 1.82) is 0 Å². The van der Waals surface area contributed by atoms with E-state index >= 15 is 0 Å². The summed E-state index contributed by atoms with van der Waals surface area (Å²) in [7, 11) is 0. The van der Waals surface area contributed by atoms with Gasteiger partial charge in [0.15, 0.2) is 0 Å². The molecule has 2 aliphatic carbocycles.